The van der Waals surface area contributed by atoms with E-state index in [-0.39, 0.29) is 30.5 Å². The maximum Gasteiger partial charge on any atom is 0.451 e. The van der Waals surface area contributed by atoms with E-state index < -0.39 is 12.0 Å². The van der Waals surface area contributed by atoms with Crippen molar-refractivity contribution in [2.75, 3.05) is 30.8 Å². The molecule has 0 aromatic carbocycles. The van der Waals surface area contributed by atoms with Gasteiger partial charge in [-0.1, -0.05) is 6.92 Å². The van der Waals surface area contributed by atoms with Gasteiger partial charge < -0.3 is 16.0 Å². The van der Waals surface area contributed by atoms with Crippen LogP contribution >= 0.6 is 0 Å². The summed E-state index contributed by atoms with van der Waals surface area (Å²) in [4.78, 5) is 18.1. The first kappa shape index (κ1) is 17.0. The molecule has 0 bridgehead atoms. The number of halogens is 3. The number of rotatable bonds is 7. The van der Waals surface area contributed by atoms with Gasteiger partial charge >= 0.3 is 6.18 Å². The Balaban J connectivity index is 2.64. The summed E-state index contributed by atoms with van der Waals surface area (Å²) >= 11 is 0. The summed E-state index contributed by atoms with van der Waals surface area (Å²) in [6.45, 7) is 2.69. The zero-order chi connectivity index (χ0) is 15.9. The molecular weight excluding hydrogens is 287 g/mol. The van der Waals surface area contributed by atoms with E-state index in [0.29, 0.717) is 6.54 Å². The number of aromatic nitrogens is 2. The normalized spacial score (nSPS) is 11.1. The highest BCUT2D eigenvalue weighted by atomic mass is 19.4. The fourth-order valence-corrected chi connectivity index (χ4v) is 1.45. The molecule has 0 aliphatic carbocycles. The Labute approximate surface area is 120 Å². The maximum atomic E-state index is 12.6. The minimum absolute atomic E-state index is 0.0185. The van der Waals surface area contributed by atoms with Crippen LogP contribution in [0.15, 0.2) is 6.07 Å². The third-order valence-electron chi connectivity index (χ3n) is 2.47. The number of hydrogen-bond acceptors (Lipinski definition) is 5. The van der Waals surface area contributed by atoms with E-state index in [1.165, 1.54) is 13.1 Å². The van der Waals surface area contributed by atoms with Crippen molar-refractivity contribution in [3.63, 3.8) is 0 Å². The van der Waals surface area contributed by atoms with Gasteiger partial charge in [0.15, 0.2) is 0 Å². The van der Waals surface area contributed by atoms with Crippen molar-refractivity contribution in [1.82, 2.24) is 15.3 Å². The molecule has 1 rings (SSSR count). The van der Waals surface area contributed by atoms with Crippen LogP contribution in [0.5, 0.6) is 0 Å². The molecule has 0 aliphatic rings. The minimum atomic E-state index is -4.62. The zero-order valence-corrected chi connectivity index (χ0v) is 11.8. The second-order valence-electron chi connectivity index (χ2n) is 4.24. The van der Waals surface area contributed by atoms with Crippen LogP contribution in [0.1, 0.15) is 25.6 Å². The van der Waals surface area contributed by atoms with Crippen molar-refractivity contribution >= 4 is 17.5 Å². The zero-order valence-electron chi connectivity index (χ0n) is 11.8. The predicted molar refractivity (Wildman–Crippen MR) is 73.0 cm³/mol. The topological polar surface area (TPSA) is 78.9 Å². The molecule has 0 spiro atoms. The van der Waals surface area contributed by atoms with Crippen molar-refractivity contribution < 1.29 is 18.0 Å². The summed E-state index contributed by atoms with van der Waals surface area (Å²) in [7, 11) is 1.46. The van der Waals surface area contributed by atoms with Crippen LogP contribution in [0.25, 0.3) is 0 Å². The monoisotopic (exact) mass is 305 g/mol. The number of anilines is 2. The second-order valence-corrected chi connectivity index (χ2v) is 4.24. The smallest absolute Gasteiger partial charge is 0.373 e. The van der Waals surface area contributed by atoms with E-state index in [9.17, 15) is 18.0 Å². The molecule has 0 unspecified atom stereocenters. The number of carbonyl (C=O) groups is 1. The number of amides is 1. The van der Waals surface area contributed by atoms with E-state index in [0.717, 1.165) is 6.42 Å². The van der Waals surface area contributed by atoms with Gasteiger partial charge in [0.05, 0.1) is 0 Å². The van der Waals surface area contributed by atoms with E-state index in [2.05, 4.69) is 25.9 Å². The highest BCUT2D eigenvalue weighted by Crippen LogP contribution is 2.28. The van der Waals surface area contributed by atoms with Crippen molar-refractivity contribution in [1.29, 1.82) is 0 Å². The van der Waals surface area contributed by atoms with Crippen LogP contribution in [-0.2, 0) is 11.0 Å². The molecule has 1 heterocycles. The molecule has 1 amide bonds. The van der Waals surface area contributed by atoms with Crippen LogP contribution in [0.3, 0.4) is 0 Å². The lowest BCUT2D eigenvalue weighted by atomic mass is 10.3. The predicted octanol–water partition coefficient (Wildman–Crippen LogP) is 1.87. The summed E-state index contributed by atoms with van der Waals surface area (Å²) in [6, 6.07) is 1.35. The third-order valence-corrected chi connectivity index (χ3v) is 2.47. The molecule has 0 fully saturated rings. The lowest BCUT2D eigenvalue weighted by Gasteiger charge is -2.11. The Morgan fingerprint density at radius 3 is 2.48 bits per heavy atom. The highest BCUT2D eigenvalue weighted by molar-refractivity contribution is 5.76. The SMILES string of the molecule is CCCNC(=O)CCNc1cc(NC)nc(C(F)(F)F)n1. The summed E-state index contributed by atoms with van der Waals surface area (Å²) in [5.41, 5.74) is 0. The van der Waals surface area contributed by atoms with Crippen LogP contribution < -0.4 is 16.0 Å². The second kappa shape index (κ2) is 7.65. The summed E-state index contributed by atoms with van der Waals surface area (Å²) in [5.74, 6) is -1.32. The number of carbonyl (C=O) groups excluding carboxylic acids is 1. The van der Waals surface area contributed by atoms with Gasteiger partial charge in [-0.05, 0) is 6.42 Å². The third kappa shape index (κ3) is 5.84. The molecule has 0 saturated carbocycles. The fraction of sp³-hybridized carbons (Fsp3) is 0.583. The first-order valence-corrected chi connectivity index (χ1v) is 6.51. The molecule has 1 aromatic heterocycles. The Morgan fingerprint density at radius 1 is 1.24 bits per heavy atom. The Kier molecular flexibility index (Phi) is 6.19. The van der Waals surface area contributed by atoms with E-state index in [4.69, 9.17) is 0 Å². The number of nitrogens with zero attached hydrogens (tertiary/aromatic N) is 2. The van der Waals surface area contributed by atoms with Crippen LogP contribution in [0.2, 0.25) is 0 Å². The Hall–Kier alpha value is -2.06. The van der Waals surface area contributed by atoms with Crippen molar-refractivity contribution in [3.05, 3.63) is 11.9 Å². The van der Waals surface area contributed by atoms with Gasteiger partial charge in [0.2, 0.25) is 11.7 Å². The maximum absolute atomic E-state index is 12.6. The van der Waals surface area contributed by atoms with Gasteiger partial charge in [-0.25, -0.2) is 9.97 Å². The molecule has 3 N–H and O–H groups in total. The summed E-state index contributed by atoms with van der Waals surface area (Å²) in [6.07, 6.45) is -3.65. The van der Waals surface area contributed by atoms with E-state index in [1.807, 2.05) is 6.92 Å². The molecule has 1 aromatic rings. The van der Waals surface area contributed by atoms with Gasteiger partial charge in [-0.15, -0.1) is 0 Å². The number of nitrogens with one attached hydrogen (secondary N) is 3. The molecule has 0 saturated heterocycles. The molecule has 0 aliphatic heterocycles. The molecule has 9 heteroatoms. The number of hydrogen-bond donors (Lipinski definition) is 3. The Morgan fingerprint density at radius 2 is 1.90 bits per heavy atom. The van der Waals surface area contributed by atoms with Gasteiger partial charge in [-0.3, -0.25) is 4.79 Å². The van der Waals surface area contributed by atoms with Crippen molar-refractivity contribution in [3.8, 4) is 0 Å². The van der Waals surface area contributed by atoms with Gasteiger partial charge in [0.1, 0.15) is 11.6 Å². The van der Waals surface area contributed by atoms with Crippen molar-refractivity contribution in [2.24, 2.45) is 0 Å². The molecular formula is C12H18F3N5O. The fourth-order valence-electron chi connectivity index (χ4n) is 1.45. The Bertz CT molecular complexity index is 478. The lowest BCUT2D eigenvalue weighted by Crippen LogP contribution is -2.26. The van der Waals surface area contributed by atoms with Crippen LogP contribution in [0.4, 0.5) is 24.8 Å². The highest BCUT2D eigenvalue weighted by Gasteiger charge is 2.35. The van der Waals surface area contributed by atoms with Gasteiger partial charge in [-0.2, -0.15) is 13.2 Å². The standard InChI is InChI=1S/C12H18F3N5O/c1-3-5-18-10(21)4-6-17-9-7-8(16-2)19-11(20-9)12(13,14)15/h7H,3-6H2,1-2H3,(H,18,21)(H2,16,17,19,20). The minimum Gasteiger partial charge on any atom is -0.373 e. The molecule has 21 heavy (non-hydrogen) atoms. The first-order chi connectivity index (χ1) is 9.86. The summed E-state index contributed by atoms with van der Waals surface area (Å²) in [5, 5.41) is 7.90. The van der Waals surface area contributed by atoms with Crippen molar-refractivity contribution in [2.45, 2.75) is 25.9 Å². The molecule has 6 nitrogen and oxygen atoms in total. The quantitative estimate of drug-likeness (QED) is 0.716. The molecule has 0 atom stereocenters. The van der Waals surface area contributed by atoms with Gasteiger partial charge in [0, 0.05) is 32.6 Å². The first-order valence-electron chi connectivity index (χ1n) is 6.51. The van der Waals surface area contributed by atoms with Crippen LogP contribution in [-0.4, -0.2) is 36.0 Å². The average Bonchev–Trinajstić information content (AvgIpc) is 2.43. The lowest BCUT2D eigenvalue weighted by molar-refractivity contribution is -0.144. The molecule has 118 valence electrons. The number of alkyl halides is 3. The average molecular weight is 305 g/mol. The van der Waals surface area contributed by atoms with E-state index >= 15 is 0 Å². The summed E-state index contributed by atoms with van der Waals surface area (Å²) < 4.78 is 37.9. The van der Waals surface area contributed by atoms with Crippen LogP contribution in [0, 0.1) is 0 Å². The molecule has 0 radical (unpaired) electrons. The van der Waals surface area contributed by atoms with E-state index in [1.54, 1.807) is 0 Å². The largest absolute Gasteiger partial charge is 0.451 e. The van der Waals surface area contributed by atoms with Gasteiger partial charge in [0.25, 0.3) is 0 Å².